The van der Waals surface area contributed by atoms with E-state index in [1.165, 1.54) is 0 Å². The molecular weight excluding hydrogens is 282 g/mol. The maximum Gasteiger partial charge on any atom is 0.323 e. The average Bonchev–Trinajstić information content (AvgIpc) is 2.30. The summed E-state index contributed by atoms with van der Waals surface area (Å²) in [5.41, 5.74) is 1.34. The summed E-state index contributed by atoms with van der Waals surface area (Å²) in [6.45, 7) is 0. The van der Waals surface area contributed by atoms with Crippen molar-refractivity contribution in [1.29, 1.82) is 0 Å². The number of rotatable bonds is 2. The van der Waals surface area contributed by atoms with E-state index in [1.807, 2.05) is 0 Å². The number of carbonyl (C=O) groups is 1. The number of halogens is 1. The molecule has 0 atom stereocenters. The lowest BCUT2D eigenvalue weighted by atomic mass is 10.3. The van der Waals surface area contributed by atoms with Crippen LogP contribution in [0.1, 0.15) is 0 Å². The number of amides is 2. The van der Waals surface area contributed by atoms with Crippen LogP contribution in [0.4, 0.5) is 16.2 Å². The van der Waals surface area contributed by atoms with Crippen LogP contribution in [0.3, 0.4) is 0 Å². The van der Waals surface area contributed by atoms with Gasteiger partial charge in [-0.2, -0.15) is 0 Å². The number of hydrogen-bond donors (Lipinski definition) is 2. The molecule has 2 rings (SSSR count). The molecule has 2 amide bonds. The van der Waals surface area contributed by atoms with Crippen LogP contribution in [0, 0.1) is 6.07 Å². The van der Waals surface area contributed by atoms with E-state index in [4.69, 9.17) is 0 Å². The van der Waals surface area contributed by atoms with E-state index in [1.54, 1.807) is 42.7 Å². The molecule has 0 aliphatic rings. The standard InChI is InChI=1S/C12H9BrN3O/c13-9-3-1-4-10(7-9)15-12(17)16-11-5-2-6-14-8-11/h1-2,4-8H,(H2,15,16,17). The van der Waals surface area contributed by atoms with Crippen LogP contribution in [0.5, 0.6) is 0 Å². The SMILES string of the molecule is O=C(Nc1cccnc1)Nc1cc[c]c(Br)c1. The maximum atomic E-state index is 11.6. The highest BCUT2D eigenvalue weighted by atomic mass is 79.9. The minimum atomic E-state index is -0.309. The van der Waals surface area contributed by atoms with Gasteiger partial charge < -0.3 is 10.6 Å². The average molecular weight is 291 g/mol. The number of urea groups is 1. The highest BCUT2D eigenvalue weighted by molar-refractivity contribution is 9.10. The monoisotopic (exact) mass is 290 g/mol. The zero-order chi connectivity index (χ0) is 12.1. The first kappa shape index (κ1) is 11.6. The molecule has 17 heavy (non-hydrogen) atoms. The molecule has 2 aromatic rings. The molecule has 0 aliphatic heterocycles. The van der Waals surface area contributed by atoms with Gasteiger partial charge in [0, 0.05) is 16.4 Å². The van der Waals surface area contributed by atoms with Crippen molar-refractivity contribution in [3.05, 3.63) is 53.3 Å². The van der Waals surface area contributed by atoms with Crippen LogP contribution < -0.4 is 10.6 Å². The first-order chi connectivity index (χ1) is 8.24. The Labute approximate surface area is 107 Å². The molecule has 1 heterocycles. The number of carbonyl (C=O) groups excluding carboxylic acids is 1. The van der Waals surface area contributed by atoms with Crippen LogP contribution in [-0.2, 0) is 0 Å². The molecule has 4 nitrogen and oxygen atoms in total. The lowest BCUT2D eigenvalue weighted by Gasteiger charge is -2.07. The zero-order valence-electron chi connectivity index (χ0n) is 8.77. The molecule has 0 aliphatic carbocycles. The van der Waals surface area contributed by atoms with Crippen LogP contribution in [0.25, 0.3) is 0 Å². The summed E-state index contributed by atoms with van der Waals surface area (Å²) in [5.74, 6) is 0. The van der Waals surface area contributed by atoms with Crippen LogP contribution in [0.15, 0.2) is 47.2 Å². The van der Waals surface area contributed by atoms with Gasteiger partial charge in [-0.15, -0.1) is 0 Å². The number of anilines is 2. The minimum Gasteiger partial charge on any atom is -0.308 e. The predicted molar refractivity (Wildman–Crippen MR) is 69.9 cm³/mol. The maximum absolute atomic E-state index is 11.6. The van der Waals surface area contributed by atoms with Crippen molar-refractivity contribution < 1.29 is 4.79 Å². The van der Waals surface area contributed by atoms with Crippen molar-refractivity contribution in [2.24, 2.45) is 0 Å². The van der Waals surface area contributed by atoms with E-state index in [0.717, 1.165) is 4.47 Å². The molecule has 1 aromatic carbocycles. The van der Waals surface area contributed by atoms with Crippen molar-refractivity contribution in [2.45, 2.75) is 0 Å². The van der Waals surface area contributed by atoms with Crippen molar-refractivity contribution in [3.63, 3.8) is 0 Å². The molecular formula is C12H9BrN3O. The third kappa shape index (κ3) is 3.57. The smallest absolute Gasteiger partial charge is 0.308 e. The molecule has 0 unspecified atom stereocenters. The second-order valence-corrected chi connectivity index (χ2v) is 4.10. The summed E-state index contributed by atoms with van der Waals surface area (Å²) in [7, 11) is 0. The van der Waals surface area contributed by atoms with Crippen molar-refractivity contribution >= 4 is 33.3 Å². The van der Waals surface area contributed by atoms with Crippen molar-refractivity contribution in [2.75, 3.05) is 10.6 Å². The molecule has 1 aromatic heterocycles. The van der Waals surface area contributed by atoms with E-state index in [0.29, 0.717) is 11.4 Å². The lowest BCUT2D eigenvalue weighted by molar-refractivity contribution is 0.262. The van der Waals surface area contributed by atoms with Gasteiger partial charge in [-0.1, -0.05) is 22.0 Å². The fraction of sp³-hybridized carbons (Fsp3) is 0. The molecule has 85 valence electrons. The number of nitrogens with zero attached hydrogens (tertiary/aromatic N) is 1. The summed E-state index contributed by atoms with van der Waals surface area (Å²) in [5, 5.41) is 5.38. The van der Waals surface area contributed by atoms with Crippen molar-refractivity contribution in [3.8, 4) is 0 Å². The van der Waals surface area contributed by atoms with Gasteiger partial charge >= 0.3 is 6.03 Å². The number of aromatic nitrogens is 1. The number of pyridine rings is 1. The lowest BCUT2D eigenvalue weighted by Crippen LogP contribution is -2.19. The summed E-state index contributed by atoms with van der Waals surface area (Å²) in [4.78, 5) is 15.5. The topological polar surface area (TPSA) is 54.0 Å². The Morgan fingerprint density at radius 1 is 1.29 bits per heavy atom. The van der Waals surface area contributed by atoms with Gasteiger partial charge in [0.15, 0.2) is 0 Å². The fourth-order valence-corrected chi connectivity index (χ4v) is 1.62. The Morgan fingerprint density at radius 3 is 2.82 bits per heavy atom. The Hall–Kier alpha value is -1.88. The van der Waals surface area contributed by atoms with Gasteiger partial charge in [-0.25, -0.2) is 4.79 Å². The summed E-state index contributed by atoms with van der Waals surface area (Å²) >= 11 is 3.28. The first-order valence-electron chi connectivity index (χ1n) is 4.89. The molecule has 5 heteroatoms. The molecule has 1 radical (unpaired) electrons. The van der Waals surface area contributed by atoms with Crippen LogP contribution in [-0.4, -0.2) is 11.0 Å². The summed E-state index contributed by atoms with van der Waals surface area (Å²) in [6, 6.07) is 11.4. The minimum absolute atomic E-state index is 0.309. The quantitative estimate of drug-likeness (QED) is 0.892. The molecule has 2 N–H and O–H groups in total. The van der Waals surface area contributed by atoms with Gasteiger partial charge in [0.2, 0.25) is 0 Å². The number of benzene rings is 1. The third-order valence-corrected chi connectivity index (χ3v) is 2.40. The van der Waals surface area contributed by atoms with Gasteiger partial charge in [0.1, 0.15) is 0 Å². The van der Waals surface area contributed by atoms with E-state index in [9.17, 15) is 4.79 Å². The van der Waals surface area contributed by atoms with Gasteiger partial charge in [-0.3, -0.25) is 4.98 Å². The number of nitrogens with one attached hydrogen (secondary N) is 2. The zero-order valence-corrected chi connectivity index (χ0v) is 10.4. The second-order valence-electron chi connectivity index (χ2n) is 3.25. The number of hydrogen-bond acceptors (Lipinski definition) is 2. The first-order valence-corrected chi connectivity index (χ1v) is 5.68. The largest absolute Gasteiger partial charge is 0.323 e. The van der Waals surface area contributed by atoms with Crippen LogP contribution in [0.2, 0.25) is 0 Å². The fourth-order valence-electron chi connectivity index (χ4n) is 1.25. The Morgan fingerprint density at radius 2 is 2.12 bits per heavy atom. The van der Waals surface area contributed by atoms with Crippen LogP contribution >= 0.6 is 15.9 Å². The third-order valence-electron chi connectivity index (χ3n) is 1.94. The van der Waals surface area contributed by atoms with E-state index in [2.05, 4.69) is 37.6 Å². The molecule has 0 saturated heterocycles. The van der Waals surface area contributed by atoms with Gasteiger partial charge in [0.05, 0.1) is 11.9 Å². The highest BCUT2D eigenvalue weighted by Crippen LogP contribution is 2.15. The molecule has 0 bridgehead atoms. The molecule has 0 fully saturated rings. The van der Waals surface area contributed by atoms with E-state index >= 15 is 0 Å². The summed E-state index contributed by atoms with van der Waals surface area (Å²) < 4.78 is 0.789. The Kier molecular flexibility index (Phi) is 3.72. The van der Waals surface area contributed by atoms with Gasteiger partial charge in [0.25, 0.3) is 0 Å². The predicted octanol–water partition coefficient (Wildman–Crippen LogP) is 3.29. The molecule has 0 spiro atoms. The van der Waals surface area contributed by atoms with Crippen molar-refractivity contribution in [1.82, 2.24) is 4.98 Å². The Bertz CT molecular complexity index is 516. The second kappa shape index (κ2) is 5.45. The summed E-state index contributed by atoms with van der Waals surface area (Å²) in [6.07, 6.45) is 3.22. The van der Waals surface area contributed by atoms with Gasteiger partial charge in [-0.05, 0) is 30.3 Å². The van der Waals surface area contributed by atoms with E-state index < -0.39 is 0 Å². The normalized spacial score (nSPS) is 9.71. The molecule has 0 saturated carbocycles. The highest BCUT2D eigenvalue weighted by Gasteiger charge is 2.02. The Balaban J connectivity index is 1.98. The van der Waals surface area contributed by atoms with E-state index in [-0.39, 0.29) is 6.03 Å².